The summed E-state index contributed by atoms with van der Waals surface area (Å²) in [6.45, 7) is 0.997. The number of amides is 1. The van der Waals surface area contributed by atoms with Crippen LogP contribution in [0.5, 0.6) is 11.5 Å². The van der Waals surface area contributed by atoms with Crippen LogP contribution in [0.25, 0.3) is 0 Å². The van der Waals surface area contributed by atoms with E-state index in [1.54, 1.807) is 24.3 Å². The lowest BCUT2D eigenvalue weighted by molar-refractivity contribution is -0.139. The monoisotopic (exact) mass is 439 g/mol. The standard InChI is InChI=1S/C22H21N3O5S/c1-28-22(27)12-15-11-21(25-17-5-3-2-4-16(17)23-15)31-13-20(26)24-14-6-7-18-19(10-14)30-9-8-29-18/h2-7,10-11,23H,8-9,12-13H2,1H3,(H,24,26). The number of thioether (sulfide) groups is 1. The number of anilines is 2. The van der Waals surface area contributed by atoms with Crippen molar-refractivity contribution in [3.8, 4) is 11.5 Å². The topological polar surface area (TPSA) is 98.3 Å². The number of benzene rings is 2. The third kappa shape index (κ3) is 5.37. The summed E-state index contributed by atoms with van der Waals surface area (Å²) in [6.07, 6.45) is 1.84. The molecule has 0 saturated carbocycles. The molecule has 2 aromatic carbocycles. The SMILES string of the molecule is COC(=O)CC1=CC(SCC(=O)Nc2ccc3c(c2)OCCO3)=Nc2ccccc2N1. The maximum absolute atomic E-state index is 12.5. The summed E-state index contributed by atoms with van der Waals surface area (Å²) in [5, 5.41) is 6.69. The Hall–Kier alpha value is -3.46. The van der Waals surface area contributed by atoms with E-state index >= 15 is 0 Å². The summed E-state index contributed by atoms with van der Waals surface area (Å²) in [6, 6.07) is 12.8. The molecule has 2 aromatic rings. The minimum absolute atomic E-state index is 0.0772. The van der Waals surface area contributed by atoms with Gasteiger partial charge in [-0.1, -0.05) is 23.9 Å². The number of para-hydroxylation sites is 2. The molecule has 2 heterocycles. The van der Waals surface area contributed by atoms with E-state index in [4.69, 9.17) is 14.2 Å². The van der Waals surface area contributed by atoms with Gasteiger partial charge in [-0.25, -0.2) is 4.99 Å². The Kier molecular flexibility index (Phi) is 6.42. The fourth-order valence-electron chi connectivity index (χ4n) is 3.04. The molecule has 2 aliphatic heterocycles. The molecule has 0 radical (unpaired) electrons. The van der Waals surface area contributed by atoms with E-state index in [1.807, 2.05) is 24.3 Å². The molecule has 0 aliphatic carbocycles. The van der Waals surface area contributed by atoms with Crippen molar-refractivity contribution in [1.82, 2.24) is 0 Å². The molecule has 0 atom stereocenters. The Morgan fingerprint density at radius 3 is 2.81 bits per heavy atom. The minimum Gasteiger partial charge on any atom is -0.486 e. The van der Waals surface area contributed by atoms with E-state index in [2.05, 4.69) is 15.6 Å². The molecule has 1 amide bonds. The number of carbonyl (C=O) groups is 2. The van der Waals surface area contributed by atoms with E-state index in [1.165, 1.54) is 18.9 Å². The van der Waals surface area contributed by atoms with Crippen LogP contribution in [-0.2, 0) is 14.3 Å². The van der Waals surface area contributed by atoms with Crippen LogP contribution < -0.4 is 20.1 Å². The summed E-state index contributed by atoms with van der Waals surface area (Å²) < 4.78 is 15.8. The van der Waals surface area contributed by atoms with Crippen LogP contribution in [0.3, 0.4) is 0 Å². The Morgan fingerprint density at radius 2 is 1.97 bits per heavy atom. The highest BCUT2D eigenvalue weighted by Crippen LogP contribution is 2.33. The van der Waals surface area contributed by atoms with E-state index < -0.39 is 0 Å². The number of aliphatic imine (C=N–C) groups is 1. The largest absolute Gasteiger partial charge is 0.486 e. The Bertz CT molecular complexity index is 1070. The van der Waals surface area contributed by atoms with Crippen LogP contribution >= 0.6 is 11.8 Å². The molecule has 160 valence electrons. The van der Waals surface area contributed by atoms with Gasteiger partial charge in [0, 0.05) is 17.5 Å². The van der Waals surface area contributed by atoms with E-state index in [-0.39, 0.29) is 24.1 Å². The highest BCUT2D eigenvalue weighted by Gasteiger charge is 2.16. The molecular weight excluding hydrogens is 418 g/mol. The lowest BCUT2D eigenvalue weighted by atomic mass is 10.2. The fraction of sp³-hybridized carbons (Fsp3) is 0.227. The van der Waals surface area contributed by atoms with Crippen molar-refractivity contribution in [2.45, 2.75) is 6.42 Å². The lowest BCUT2D eigenvalue weighted by Gasteiger charge is -2.19. The minimum atomic E-state index is -0.362. The molecule has 4 rings (SSSR count). The summed E-state index contributed by atoms with van der Waals surface area (Å²) >= 11 is 1.28. The molecule has 0 saturated heterocycles. The van der Waals surface area contributed by atoms with Crippen LogP contribution in [-0.4, -0.2) is 43.0 Å². The van der Waals surface area contributed by atoms with E-state index in [0.29, 0.717) is 41.1 Å². The van der Waals surface area contributed by atoms with Crippen molar-refractivity contribution < 1.29 is 23.8 Å². The van der Waals surface area contributed by atoms with Gasteiger partial charge in [0.05, 0.1) is 35.7 Å². The molecule has 2 aliphatic rings. The normalized spacial score (nSPS) is 14.2. The predicted molar refractivity (Wildman–Crippen MR) is 120 cm³/mol. The first-order chi connectivity index (χ1) is 15.1. The number of ether oxygens (including phenoxy) is 3. The number of rotatable bonds is 5. The van der Waals surface area contributed by atoms with Crippen LogP contribution in [0.4, 0.5) is 17.1 Å². The van der Waals surface area contributed by atoms with Gasteiger partial charge in [-0.3, -0.25) is 9.59 Å². The lowest BCUT2D eigenvalue weighted by Crippen LogP contribution is -2.17. The van der Waals surface area contributed by atoms with Gasteiger partial charge in [0.25, 0.3) is 0 Å². The van der Waals surface area contributed by atoms with Crippen molar-refractivity contribution >= 4 is 45.7 Å². The average Bonchev–Trinajstić information content (AvgIpc) is 2.96. The first-order valence-electron chi connectivity index (χ1n) is 9.65. The van der Waals surface area contributed by atoms with Gasteiger partial charge in [0.2, 0.25) is 5.91 Å². The first kappa shape index (κ1) is 20.8. The number of nitrogens with one attached hydrogen (secondary N) is 2. The Morgan fingerprint density at radius 1 is 1.16 bits per heavy atom. The Balaban J connectivity index is 1.44. The summed E-state index contributed by atoms with van der Waals surface area (Å²) in [5.41, 5.74) is 2.80. The van der Waals surface area contributed by atoms with Crippen molar-refractivity contribution in [2.75, 3.05) is 36.7 Å². The highest BCUT2D eigenvalue weighted by molar-refractivity contribution is 8.14. The zero-order valence-electron chi connectivity index (χ0n) is 16.8. The van der Waals surface area contributed by atoms with Gasteiger partial charge in [-0.05, 0) is 30.3 Å². The van der Waals surface area contributed by atoms with Crippen molar-refractivity contribution in [3.63, 3.8) is 0 Å². The Labute approximate surface area is 183 Å². The number of hydrogen-bond acceptors (Lipinski definition) is 8. The number of hydrogen-bond donors (Lipinski definition) is 2. The maximum Gasteiger partial charge on any atom is 0.311 e. The molecular formula is C22H21N3O5S. The number of fused-ring (bicyclic) bond motifs is 2. The van der Waals surface area contributed by atoms with Crippen molar-refractivity contribution in [3.05, 3.63) is 54.2 Å². The quantitative estimate of drug-likeness (QED) is 0.685. The van der Waals surface area contributed by atoms with Gasteiger partial charge in [0.1, 0.15) is 13.2 Å². The highest BCUT2D eigenvalue weighted by atomic mass is 32.2. The molecule has 0 bridgehead atoms. The molecule has 0 aromatic heterocycles. The molecule has 0 spiro atoms. The predicted octanol–water partition coefficient (Wildman–Crippen LogP) is 3.73. The number of nitrogens with zero attached hydrogens (tertiary/aromatic N) is 1. The fourth-order valence-corrected chi connectivity index (χ4v) is 3.78. The van der Waals surface area contributed by atoms with Gasteiger partial charge >= 0.3 is 5.97 Å². The second-order valence-corrected chi connectivity index (χ2v) is 7.71. The van der Waals surface area contributed by atoms with Crippen molar-refractivity contribution in [2.24, 2.45) is 4.99 Å². The zero-order valence-corrected chi connectivity index (χ0v) is 17.7. The van der Waals surface area contributed by atoms with Gasteiger partial charge in [-0.2, -0.15) is 0 Å². The van der Waals surface area contributed by atoms with Crippen molar-refractivity contribution in [1.29, 1.82) is 0 Å². The smallest absolute Gasteiger partial charge is 0.311 e. The molecule has 2 N–H and O–H groups in total. The third-order valence-corrected chi connectivity index (χ3v) is 5.38. The maximum atomic E-state index is 12.5. The molecule has 8 nitrogen and oxygen atoms in total. The van der Waals surface area contributed by atoms with Crippen LogP contribution in [0.1, 0.15) is 6.42 Å². The van der Waals surface area contributed by atoms with Gasteiger partial charge in [0.15, 0.2) is 11.5 Å². The first-order valence-corrected chi connectivity index (χ1v) is 10.6. The average molecular weight is 439 g/mol. The number of carbonyl (C=O) groups excluding carboxylic acids is 2. The van der Waals surface area contributed by atoms with Gasteiger partial charge in [-0.15, -0.1) is 0 Å². The summed E-state index contributed by atoms with van der Waals surface area (Å²) in [4.78, 5) is 28.9. The zero-order chi connectivity index (χ0) is 21.6. The van der Waals surface area contributed by atoms with Crippen LogP contribution in [0.2, 0.25) is 0 Å². The van der Waals surface area contributed by atoms with Crippen LogP contribution in [0, 0.1) is 0 Å². The third-order valence-electron chi connectivity index (χ3n) is 4.47. The van der Waals surface area contributed by atoms with E-state index in [0.717, 1.165) is 11.4 Å². The second kappa shape index (κ2) is 9.57. The number of esters is 1. The van der Waals surface area contributed by atoms with Gasteiger partial charge < -0.3 is 24.8 Å². The second-order valence-electron chi connectivity index (χ2n) is 6.71. The summed E-state index contributed by atoms with van der Waals surface area (Å²) in [5.74, 6) is 0.887. The molecule has 0 fully saturated rings. The van der Waals surface area contributed by atoms with Crippen LogP contribution in [0.15, 0.2) is 59.2 Å². The number of methoxy groups -OCH3 is 1. The molecule has 0 unspecified atom stereocenters. The summed E-state index contributed by atoms with van der Waals surface area (Å²) in [7, 11) is 1.35. The van der Waals surface area contributed by atoms with E-state index in [9.17, 15) is 9.59 Å². The molecule has 31 heavy (non-hydrogen) atoms. The molecule has 9 heteroatoms.